The minimum atomic E-state index is 1.17. The highest BCUT2D eigenvalue weighted by atomic mass is 15.0. The van der Waals surface area contributed by atoms with E-state index in [1.807, 2.05) is 0 Å². The van der Waals surface area contributed by atoms with Gasteiger partial charge in [0.1, 0.15) is 0 Å². The van der Waals surface area contributed by atoms with Crippen molar-refractivity contribution in [2.24, 2.45) is 0 Å². The Labute approximate surface area is 233 Å². The van der Waals surface area contributed by atoms with Crippen molar-refractivity contribution in [1.82, 2.24) is 4.57 Å². The van der Waals surface area contributed by atoms with E-state index in [-0.39, 0.29) is 0 Å². The number of nitrogens with zero attached hydrogens (tertiary/aromatic N) is 1. The normalized spacial score (nSPS) is 11.6. The fraction of sp³-hybridized carbons (Fsp3) is 0.0256. The zero-order valence-electron chi connectivity index (χ0n) is 22.3. The summed E-state index contributed by atoms with van der Waals surface area (Å²) in [6, 6.07) is 53.0. The molecule has 0 amide bonds. The molecule has 40 heavy (non-hydrogen) atoms. The predicted molar refractivity (Wildman–Crippen MR) is 171 cm³/mol. The Hall–Kier alpha value is -5.14. The largest absolute Gasteiger partial charge is 0.309 e. The molecule has 0 atom stereocenters. The van der Waals surface area contributed by atoms with Gasteiger partial charge in [0.15, 0.2) is 0 Å². The summed E-state index contributed by atoms with van der Waals surface area (Å²) in [7, 11) is 0. The smallest absolute Gasteiger partial charge is 0.0541 e. The molecule has 8 rings (SSSR count). The first-order chi connectivity index (χ1) is 19.8. The lowest BCUT2D eigenvalue weighted by atomic mass is 9.85. The van der Waals surface area contributed by atoms with Gasteiger partial charge in [-0.3, -0.25) is 0 Å². The number of benzene rings is 7. The molecule has 1 heterocycles. The third-order valence-electron chi connectivity index (χ3n) is 8.34. The van der Waals surface area contributed by atoms with Gasteiger partial charge in [-0.15, -0.1) is 0 Å². The summed E-state index contributed by atoms with van der Waals surface area (Å²) < 4.78 is 2.38. The second kappa shape index (κ2) is 8.97. The van der Waals surface area contributed by atoms with Crippen LogP contribution in [0.25, 0.3) is 71.3 Å². The third-order valence-corrected chi connectivity index (χ3v) is 8.34. The topological polar surface area (TPSA) is 4.93 Å². The Kier molecular flexibility index (Phi) is 5.11. The van der Waals surface area contributed by atoms with Gasteiger partial charge in [0.05, 0.1) is 11.0 Å². The molecule has 0 unspecified atom stereocenters. The first-order valence-electron chi connectivity index (χ1n) is 13.9. The molecule has 8 aromatic rings. The maximum Gasteiger partial charge on any atom is 0.0541 e. The van der Waals surface area contributed by atoms with Gasteiger partial charge in [0, 0.05) is 16.5 Å². The maximum absolute atomic E-state index is 2.38. The van der Waals surface area contributed by atoms with Gasteiger partial charge in [-0.25, -0.2) is 0 Å². The van der Waals surface area contributed by atoms with Crippen LogP contribution in [0.3, 0.4) is 0 Å². The molecule has 0 radical (unpaired) electrons. The Morgan fingerprint density at radius 3 is 1.32 bits per heavy atom. The van der Waals surface area contributed by atoms with Crippen LogP contribution in [0.1, 0.15) is 5.56 Å². The molecule has 0 saturated carbocycles. The van der Waals surface area contributed by atoms with E-state index in [1.165, 1.54) is 76.9 Å². The second-order valence-electron chi connectivity index (χ2n) is 10.6. The van der Waals surface area contributed by atoms with Gasteiger partial charge in [-0.2, -0.15) is 0 Å². The summed E-state index contributed by atoms with van der Waals surface area (Å²) in [5.41, 5.74) is 10.1. The molecule has 188 valence electrons. The minimum absolute atomic E-state index is 1.17. The number of aromatic nitrogens is 1. The average Bonchev–Trinajstić information content (AvgIpc) is 3.35. The fourth-order valence-corrected chi connectivity index (χ4v) is 6.56. The van der Waals surface area contributed by atoms with Crippen molar-refractivity contribution in [3.05, 3.63) is 151 Å². The Bertz CT molecular complexity index is 2100. The Morgan fingerprint density at radius 2 is 0.800 bits per heavy atom. The first-order valence-corrected chi connectivity index (χ1v) is 13.9. The van der Waals surface area contributed by atoms with Gasteiger partial charge >= 0.3 is 0 Å². The van der Waals surface area contributed by atoms with Crippen molar-refractivity contribution in [1.29, 1.82) is 0 Å². The summed E-state index contributed by atoms with van der Waals surface area (Å²) in [5, 5.41) is 7.71. The number of hydrogen-bond donors (Lipinski definition) is 0. The lowest BCUT2D eigenvalue weighted by Crippen LogP contribution is -1.95. The molecular formula is C39H27N. The van der Waals surface area contributed by atoms with Crippen molar-refractivity contribution in [2.75, 3.05) is 0 Å². The Balaban J connectivity index is 1.38. The molecule has 0 N–H and O–H groups in total. The molecule has 0 saturated heterocycles. The number of aryl methyl sites for hydroxylation is 1. The zero-order valence-corrected chi connectivity index (χ0v) is 22.3. The van der Waals surface area contributed by atoms with Gasteiger partial charge in [0.25, 0.3) is 0 Å². The van der Waals surface area contributed by atoms with Crippen LogP contribution in [0.15, 0.2) is 146 Å². The van der Waals surface area contributed by atoms with Gasteiger partial charge in [0.2, 0.25) is 0 Å². The summed E-state index contributed by atoms with van der Waals surface area (Å²) in [6.07, 6.45) is 0. The van der Waals surface area contributed by atoms with Gasteiger partial charge in [-0.1, -0.05) is 121 Å². The Morgan fingerprint density at radius 1 is 0.375 bits per heavy atom. The van der Waals surface area contributed by atoms with Crippen molar-refractivity contribution in [2.45, 2.75) is 6.92 Å². The quantitative estimate of drug-likeness (QED) is 0.209. The highest BCUT2D eigenvalue weighted by molar-refractivity contribution is 6.21. The van der Waals surface area contributed by atoms with E-state index in [9.17, 15) is 0 Å². The highest BCUT2D eigenvalue weighted by Crippen LogP contribution is 2.44. The average molecular weight is 510 g/mol. The fourth-order valence-electron chi connectivity index (χ4n) is 6.56. The lowest BCUT2D eigenvalue weighted by molar-refractivity contribution is 1.18. The van der Waals surface area contributed by atoms with E-state index < -0.39 is 0 Å². The van der Waals surface area contributed by atoms with Crippen molar-refractivity contribution in [3.8, 4) is 27.9 Å². The molecule has 0 bridgehead atoms. The molecule has 1 aromatic heterocycles. The number of para-hydroxylation sites is 2. The molecule has 0 aliphatic heterocycles. The molecule has 1 nitrogen and oxygen atoms in total. The molecule has 1 heteroatoms. The standard InChI is InChI=1S/C39H27N/c1-26-12-2-3-13-29(26)39-34-18-6-4-16-32(34)38(33-17-5-7-19-35(33)39)27-22-24-28(25-23-27)40-36-20-10-8-14-30(36)31-15-9-11-21-37(31)40/h2-25H,1H3. The molecule has 0 aliphatic rings. The van der Waals surface area contributed by atoms with E-state index in [2.05, 4.69) is 157 Å². The summed E-state index contributed by atoms with van der Waals surface area (Å²) in [6.45, 7) is 2.21. The van der Waals surface area contributed by atoms with Crippen LogP contribution in [0.2, 0.25) is 0 Å². The van der Waals surface area contributed by atoms with Crippen molar-refractivity contribution in [3.63, 3.8) is 0 Å². The van der Waals surface area contributed by atoms with Crippen LogP contribution in [0.5, 0.6) is 0 Å². The minimum Gasteiger partial charge on any atom is -0.309 e. The summed E-state index contributed by atoms with van der Waals surface area (Å²) >= 11 is 0. The number of hydrogen-bond acceptors (Lipinski definition) is 0. The van der Waals surface area contributed by atoms with Crippen LogP contribution in [0.4, 0.5) is 0 Å². The van der Waals surface area contributed by atoms with E-state index in [0.717, 1.165) is 0 Å². The summed E-state index contributed by atoms with van der Waals surface area (Å²) in [5.74, 6) is 0. The number of fused-ring (bicyclic) bond motifs is 5. The van der Waals surface area contributed by atoms with Crippen molar-refractivity contribution < 1.29 is 0 Å². The molecule has 0 fully saturated rings. The second-order valence-corrected chi connectivity index (χ2v) is 10.6. The van der Waals surface area contributed by atoms with Crippen LogP contribution < -0.4 is 0 Å². The molecule has 7 aromatic carbocycles. The lowest BCUT2D eigenvalue weighted by Gasteiger charge is -2.19. The van der Waals surface area contributed by atoms with E-state index in [0.29, 0.717) is 0 Å². The van der Waals surface area contributed by atoms with Crippen LogP contribution in [0, 0.1) is 6.92 Å². The molecule has 0 aliphatic carbocycles. The zero-order chi connectivity index (χ0) is 26.6. The van der Waals surface area contributed by atoms with Gasteiger partial charge in [-0.05, 0) is 80.6 Å². The van der Waals surface area contributed by atoms with Gasteiger partial charge < -0.3 is 4.57 Å². The predicted octanol–water partition coefficient (Wildman–Crippen LogP) is 10.7. The molecular weight excluding hydrogens is 482 g/mol. The maximum atomic E-state index is 2.38. The first kappa shape index (κ1) is 22.8. The van der Waals surface area contributed by atoms with Crippen LogP contribution in [-0.2, 0) is 0 Å². The van der Waals surface area contributed by atoms with E-state index in [1.54, 1.807) is 0 Å². The van der Waals surface area contributed by atoms with E-state index in [4.69, 9.17) is 0 Å². The van der Waals surface area contributed by atoms with Crippen LogP contribution >= 0.6 is 0 Å². The monoisotopic (exact) mass is 509 g/mol. The summed E-state index contributed by atoms with van der Waals surface area (Å²) in [4.78, 5) is 0. The SMILES string of the molecule is Cc1ccccc1-c1c2ccccc2c(-c2ccc(-n3c4ccccc4c4ccccc43)cc2)c2ccccc12. The van der Waals surface area contributed by atoms with Crippen LogP contribution in [-0.4, -0.2) is 4.57 Å². The third kappa shape index (κ3) is 3.34. The van der Waals surface area contributed by atoms with Crippen molar-refractivity contribution >= 4 is 43.4 Å². The number of rotatable bonds is 3. The highest BCUT2D eigenvalue weighted by Gasteiger charge is 2.18. The molecule has 0 spiro atoms. The van der Waals surface area contributed by atoms with E-state index >= 15 is 0 Å².